The molecule has 1 spiro atoms. The van der Waals surface area contributed by atoms with Crippen LogP contribution in [0.2, 0.25) is 0 Å². The van der Waals surface area contributed by atoms with Crippen molar-refractivity contribution in [3.8, 4) is 0 Å². The van der Waals surface area contributed by atoms with E-state index in [9.17, 15) is 22.0 Å². The van der Waals surface area contributed by atoms with Crippen molar-refractivity contribution in [1.82, 2.24) is 15.3 Å². The zero-order chi connectivity index (χ0) is 18.6. The number of piperidine rings is 1. The van der Waals surface area contributed by atoms with E-state index in [1.165, 1.54) is 12.4 Å². The van der Waals surface area contributed by atoms with Gasteiger partial charge in [-0.15, -0.1) is 0 Å². The SMILES string of the molecule is FC(F)(F)C(F)(F)c1ccc2ncnc(N3CC4(CCNCC4)C3)c2c1. The Balaban J connectivity index is 1.69. The van der Waals surface area contributed by atoms with Crippen LogP contribution in [0.4, 0.5) is 27.8 Å². The first-order valence-corrected chi connectivity index (χ1v) is 8.37. The van der Waals surface area contributed by atoms with Gasteiger partial charge in [-0.2, -0.15) is 22.0 Å². The van der Waals surface area contributed by atoms with Crippen LogP contribution in [-0.4, -0.2) is 42.3 Å². The molecule has 0 unspecified atom stereocenters. The first kappa shape index (κ1) is 17.4. The third-order valence-electron chi connectivity index (χ3n) is 5.35. The van der Waals surface area contributed by atoms with Gasteiger partial charge in [0.15, 0.2) is 0 Å². The monoisotopic (exact) mass is 372 g/mol. The van der Waals surface area contributed by atoms with Crippen molar-refractivity contribution < 1.29 is 22.0 Å². The van der Waals surface area contributed by atoms with Gasteiger partial charge < -0.3 is 10.2 Å². The number of nitrogens with zero attached hydrogens (tertiary/aromatic N) is 3. The molecule has 0 saturated carbocycles. The number of hydrogen-bond donors (Lipinski definition) is 1. The van der Waals surface area contributed by atoms with Crippen LogP contribution in [0, 0.1) is 5.41 Å². The summed E-state index contributed by atoms with van der Waals surface area (Å²) >= 11 is 0. The van der Waals surface area contributed by atoms with Gasteiger partial charge in [0.1, 0.15) is 12.1 Å². The van der Waals surface area contributed by atoms with Crippen LogP contribution >= 0.6 is 0 Å². The Morgan fingerprint density at radius 2 is 1.69 bits per heavy atom. The Kier molecular flexibility index (Phi) is 3.83. The van der Waals surface area contributed by atoms with Crippen LogP contribution in [0.25, 0.3) is 10.9 Å². The molecule has 0 radical (unpaired) electrons. The minimum atomic E-state index is -5.65. The minimum absolute atomic E-state index is 0.177. The van der Waals surface area contributed by atoms with Crippen molar-refractivity contribution in [2.24, 2.45) is 5.41 Å². The molecule has 2 aliphatic rings. The molecule has 2 aliphatic heterocycles. The van der Waals surface area contributed by atoms with E-state index in [0.29, 0.717) is 11.3 Å². The predicted octanol–water partition coefficient (Wildman–Crippen LogP) is 3.47. The molecule has 140 valence electrons. The maximum absolute atomic E-state index is 13.7. The number of fused-ring (bicyclic) bond motifs is 1. The van der Waals surface area contributed by atoms with Gasteiger partial charge >= 0.3 is 12.1 Å². The summed E-state index contributed by atoms with van der Waals surface area (Å²) in [6.45, 7) is 3.31. The van der Waals surface area contributed by atoms with Crippen molar-refractivity contribution in [3.05, 3.63) is 30.1 Å². The lowest BCUT2D eigenvalue weighted by molar-refractivity contribution is -0.289. The molecule has 2 aromatic rings. The van der Waals surface area contributed by atoms with E-state index in [0.717, 1.165) is 51.2 Å². The summed E-state index contributed by atoms with van der Waals surface area (Å²) in [5.41, 5.74) is -0.565. The number of nitrogens with one attached hydrogen (secondary N) is 1. The highest BCUT2D eigenvalue weighted by Gasteiger charge is 2.58. The fourth-order valence-electron chi connectivity index (χ4n) is 3.84. The van der Waals surface area contributed by atoms with Crippen LogP contribution in [-0.2, 0) is 5.92 Å². The van der Waals surface area contributed by atoms with Crippen LogP contribution in [0.3, 0.4) is 0 Å². The Hall–Kier alpha value is -2.03. The third-order valence-corrected chi connectivity index (χ3v) is 5.35. The number of halogens is 5. The molecule has 2 fully saturated rings. The molecule has 3 heterocycles. The summed E-state index contributed by atoms with van der Waals surface area (Å²) in [5, 5.41) is 3.52. The van der Waals surface area contributed by atoms with Crippen molar-refractivity contribution in [2.45, 2.75) is 24.9 Å². The standard InChI is InChI=1S/C17H17F5N4/c18-16(19,17(20,21)22)11-1-2-13-12(7-11)14(25-10-24-13)26-8-15(9-26)3-5-23-6-4-15/h1-2,7,10,23H,3-6,8-9H2. The van der Waals surface area contributed by atoms with Crippen LogP contribution in [0.5, 0.6) is 0 Å². The smallest absolute Gasteiger partial charge is 0.355 e. The van der Waals surface area contributed by atoms with Crippen molar-refractivity contribution >= 4 is 16.7 Å². The fourth-order valence-corrected chi connectivity index (χ4v) is 3.84. The van der Waals surface area contributed by atoms with Crippen LogP contribution in [0.1, 0.15) is 18.4 Å². The molecule has 1 aromatic heterocycles. The van der Waals surface area contributed by atoms with Gasteiger partial charge in [0.2, 0.25) is 0 Å². The van der Waals surface area contributed by atoms with E-state index >= 15 is 0 Å². The lowest BCUT2D eigenvalue weighted by Crippen LogP contribution is -2.60. The van der Waals surface area contributed by atoms with Crippen LogP contribution in [0.15, 0.2) is 24.5 Å². The third kappa shape index (κ3) is 2.69. The molecule has 26 heavy (non-hydrogen) atoms. The molecule has 4 nitrogen and oxygen atoms in total. The molecule has 0 amide bonds. The quantitative estimate of drug-likeness (QED) is 0.820. The normalized spacial score (nSPS) is 20.4. The highest BCUT2D eigenvalue weighted by Crippen LogP contribution is 2.46. The molecule has 1 N–H and O–H groups in total. The summed E-state index contributed by atoms with van der Waals surface area (Å²) in [6.07, 6.45) is -2.30. The zero-order valence-corrected chi connectivity index (χ0v) is 13.8. The average Bonchev–Trinajstić information content (AvgIpc) is 2.58. The maximum Gasteiger partial charge on any atom is 0.458 e. The van der Waals surface area contributed by atoms with Crippen molar-refractivity contribution in [3.63, 3.8) is 0 Å². The van der Waals surface area contributed by atoms with Gasteiger partial charge in [-0.05, 0) is 38.1 Å². The molecule has 4 rings (SSSR count). The fraction of sp³-hybridized carbons (Fsp3) is 0.529. The van der Waals surface area contributed by atoms with E-state index in [4.69, 9.17) is 0 Å². The molecule has 0 atom stereocenters. The number of anilines is 1. The Bertz CT molecular complexity index is 822. The molecule has 9 heteroatoms. The van der Waals surface area contributed by atoms with E-state index in [-0.39, 0.29) is 10.8 Å². The molecule has 0 aliphatic carbocycles. The van der Waals surface area contributed by atoms with Crippen LogP contribution < -0.4 is 10.2 Å². The number of hydrogen-bond acceptors (Lipinski definition) is 4. The van der Waals surface area contributed by atoms with Gasteiger partial charge in [-0.1, -0.05) is 6.07 Å². The largest absolute Gasteiger partial charge is 0.458 e. The van der Waals surface area contributed by atoms with Gasteiger partial charge in [0.05, 0.1) is 5.52 Å². The Labute approximate surface area is 146 Å². The predicted molar refractivity (Wildman–Crippen MR) is 86.2 cm³/mol. The summed E-state index contributed by atoms with van der Waals surface area (Å²) in [5.74, 6) is -4.50. The Morgan fingerprint density at radius 3 is 2.35 bits per heavy atom. The van der Waals surface area contributed by atoms with Crippen molar-refractivity contribution in [1.29, 1.82) is 0 Å². The van der Waals surface area contributed by atoms with E-state index < -0.39 is 17.7 Å². The summed E-state index contributed by atoms with van der Waals surface area (Å²) in [6, 6.07) is 2.83. The molecular weight excluding hydrogens is 355 g/mol. The second kappa shape index (κ2) is 5.73. The number of alkyl halides is 5. The van der Waals surface area contributed by atoms with E-state index in [1.807, 2.05) is 4.90 Å². The lowest BCUT2D eigenvalue weighted by atomic mass is 9.72. The zero-order valence-electron chi connectivity index (χ0n) is 13.8. The second-order valence-corrected chi connectivity index (χ2v) is 7.11. The summed E-state index contributed by atoms with van der Waals surface area (Å²) < 4.78 is 65.5. The average molecular weight is 372 g/mol. The maximum atomic E-state index is 13.7. The molecule has 1 aromatic carbocycles. The highest BCUT2D eigenvalue weighted by atomic mass is 19.4. The molecule has 2 saturated heterocycles. The van der Waals surface area contributed by atoms with E-state index in [1.54, 1.807) is 0 Å². The number of aromatic nitrogens is 2. The van der Waals surface area contributed by atoms with Crippen molar-refractivity contribution in [2.75, 3.05) is 31.1 Å². The topological polar surface area (TPSA) is 41.1 Å². The van der Waals surface area contributed by atoms with Gasteiger partial charge in [0.25, 0.3) is 0 Å². The van der Waals surface area contributed by atoms with Gasteiger partial charge in [-0.25, -0.2) is 9.97 Å². The number of benzene rings is 1. The second-order valence-electron chi connectivity index (χ2n) is 7.11. The lowest BCUT2D eigenvalue weighted by Gasteiger charge is -2.53. The Morgan fingerprint density at radius 1 is 1.00 bits per heavy atom. The summed E-state index contributed by atoms with van der Waals surface area (Å²) in [7, 11) is 0. The van der Waals surface area contributed by atoms with E-state index in [2.05, 4.69) is 15.3 Å². The number of rotatable bonds is 2. The van der Waals surface area contributed by atoms with Gasteiger partial charge in [0, 0.05) is 29.5 Å². The highest BCUT2D eigenvalue weighted by molar-refractivity contribution is 5.90. The summed E-state index contributed by atoms with van der Waals surface area (Å²) in [4.78, 5) is 10.1. The van der Waals surface area contributed by atoms with Gasteiger partial charge in [-0.3, -0.25) is 0 Å². The minimum Gasteiger partial charge on any atom is -0.355 e. The molecular formula is C17H17F5N4. The first-order valence-electron chi connectivity index (χ1n) is 8.37. The first-order chi connectivity index (χ1) is 12.2. The molecule has 0 bridgehead atoms.